The number of aromatic nitrogens is 2. The summed E-state index contributed by atoms with van der Waals surface area (Å²) in [5.74, 6) is 1.45. The molecule has 0 spiro atoms. The molecule has 0 radical (unpaired) electrons. The lowest BCUT2D eigenvalue weighted by molar-refractivity contribution is -0.125. The molecule has 0 aliphatic heterocycles. The van der Waals surface area contributed by atoms with Gasteiger partial charge in [0.05, 0.1) is 12.8 Å². The molecule has 1 unspecified atom stereocenters. The van der Waals surface area contributed by atoms with Crippen molar-refractivity contribution in [3.8, 4) is 17.3 Å². The van der Waals surface area contributed by atoms with Crippen LogP contribution in [0.2, 0.25) is 0 Å². The highest BCUT2D eigenvalue weighted by molar-refractivity contribution is 7.09. The van der Waals surface area contributed by atoms with Gasteiger partial charge in [0.1, 0.15) is 0 Å². The normalized spacial score (nSPS) is 16.0. The van der Waals surface area contributed by atoms with E-state index < -0.39 is 0 Å². The maximum absolute atomic E-state index is 12.7. The number of ether oxygens (including phenoxy) is 1. The minimum atomic E-state index is -0.00239. The van der Waals surface area contributed by atoms with Crippen LogP contribution in [0.4, 0.5) is 0 Å². The number of amides is 1. The van der Waals surface area contributed by atoms with Crippen molar-refractivity contribution >= 4 is 17.2 Å². The van der Waals surface area contributed by atoms with Crippen molar-refractivity contribution in [2.75, 3.05) is 13.7 Å². The second-order valence-electron chi connectivity index (χ2n) is 7.24. The summed E-state index contributed by atoms with van der Waals surface area (Å²) in [7, 11) is 1.65. The number of hydrogen-bond acceptors (Lipinski definition) is 5. The molecule has 0 saturated carbocycles. The summed E-state index contributed by atoms with van der Waals surface area (Å²) < 4.78 is 5.58. The zero-order valence-corrected chi connectivity index (χ0v) is 17.4. The van der Waals surface area contributed by atoms with Gasteiger partial charge in [-0.05, 0) is 43.6 Å². The summed E-state index contributed by atoms with van der Waals surface area (Å²) in [6.07, 6.45) is 4.00. The molecule has 1 N–H and O–H groups in total. The van der Waals surface area contributed by atoms with Crippen LogP contribution in [-0.4, -0.2) is 29.5 Å². The second kappa shape index (κ2) is 9.18. The standard InChI is InChI=1S/C23H25N3O2S/c1-28-23-19-11-9-17(22(27)24-14-13-18-8-5-15-29-18)10-12-20(19)25-21(26-23)16-6-3-2-4-7-16/h2-8,15,17H,9-14H2,1H3,(H,24,27). The first-order chi connectivity index (χ1) is 14.2. The molecule has 2 heterocycles. The number of benzene rings is 1. The van der Waals surface area contributed by atoms with Crippen LogP contribution in [0.25, 0.3) is 11.4 Å². The van der Waals surface area contributed by atoms with Crippen molar-refractivity contribution in [1.82, 2.24) is 15.3 Å². The Morgan fingerprint density at radius 1 is 1.14 bits per heavy atom. The van der Waals surface area contributed by atoms with Gasteiger partial charge in [-0.15, -0.1) is 11.3 Å². The highest BCUT2D eigenvalue weighted by Crippen LogP contribution is 2.31. The molecular formula is C23H25N3O2S. The van der Waals surface area contributed by atoms with E-state index in [0.29, 0.717) is 18.2 Å². The van der Waals surface area contributed by atoms with Gasteiger partial charge in [0.25, 0.3) is 0 Å². The lowest BCUT2D eigenvalue weighted by atomic mass is 9.99. The van der Waals surface area contributed by atoms with Crippen LogP contribution < -0.4 is 10.1 Å². The summed E-state index contributed by atoms with van der Waals surface area (Å²) in [6, 6.07) is 14.1. The third-order valence-corrected chi connectivity index (χ3v) is 6.31. The number of carbonyl (C=O) groups is 1. The molecule has 0 fully saturated rings. The van der Waals surface area contributed by atoms with Gasteiger partial charge in [0.2, 0.25) is 11.8 Å². The van der Waals surface area contributed by atoms with Gasteiger partial charge in [-0.3, -0.25) is 4.79 Å². The van der Waals surface area contributed by atoms with Crippen LogP contribution >= 0.6 is 11.3 Å². The minimum Gasteiger partial charge on any atom is -0.481 e. The smallest absolute Gasteiger partial charge is 0.223 e. The van der Waals surface area contributed by atoms with Crippen LogP contribution in [0, 0.1) is 5.92 Å². The molecule has 3 aromatic rings. The highest BCUT2D eigenvalue weighted by Gasteiger charge is 2.26. The van der Waals surface area contributed by atoms with E-state index in [2.05, 4.69) is 21.7 Å². The zero-order chi connectivity index (χ0) is 20.1. The Kier molecular flexibility index (Phi) is 6.20. The fourth-order valence-corrected chi connectivity index (χ4v) is 4.50. The van der Waals surface area contributed by atoms with E-state index in [9.17, 15) is 4.79 Å². The third-order valence-electron chi connectivity index (χ3n) is 5.37. The molecule has 1 aromatic carbocycles. The van der Waals surface area contributed by atoms with Crippen molar-refractivity contribution in [2.45, 2.75) is 32.1 Å². The molecule has 150 valence electrons. The first kappa shape index (κ1) is 19.6. The molecule has 6 heteroatoms. The molecule has 29 heavy (non-hydrogen) atoms. The Morgan fingerprint density at radius 3 is 2.72 bits per heavy atom. The topological polar surface area (TPSA) is 64.1 Å². The molecule has 1 atom stereocenters. The number of aryl methyl sites for hydroxylation is 1. The van der Waals surface area contributed by atoms with E-state index in [4.69, 9.17) is 9.72 Å². The number of nitrogens with zero attached hydrogens (tertiary/aromatic N) is 2. The van der Waals surface area contributed by atoms with E-state index in [1.54, 1.807) is 18.4 Å². The summed E-state index contributed by atoms with van der Waals surface area (Å²) in [4.78, 5) is 23.4. The van der Waals surface area contributed by atoms with E-state index >= 15 is 0 Å². The molecule has 1 amide bonds. The SMILES string of the molecule is COc1nc(-c2ccccc2)nc2c1CCC(C(=O)NCCc1cccs1)CC2. The van der Waals surface area contributed by atoms with Gasteiger partial charge < -0.3 is 10.1 Å². The zero-order valence-electron chi connectivity index (χ0n) is 16.6. The minimum absolute atomic E-state index is 0.00239. The largest absolute Gasteiger partial charge is 0.481 e. The summed E-state index contributed by atoms with van der Waals surface area (Å²) in [5, 5.41) is 5.18. The summed E-state index contributed by atoms with van der Waals surface area (Å²) >= 11 is 1.73. The fourth-order valence-electron chi connectivity index (χ4n) is 3.79. The number of fused-ring (bicyclic) bond motifs is 1. The number of thiophene rings is 1. The average molecular weight is 408 g/mol. The van der Waals surface area contributed by atoms with Crippen molar-refractivity contribution in [3.05, 3.63) is 64.0 Å². The molecule has 5 nitrogen and oxygen atoms in total. The van der Waals surface area contributed by atoms with E-state index in [0.717, 1.165) is 48.9 Å². The average Bonchev–Trinajstić information content (AvgIpc) is 3.18. The lowest BCUT2D eigenvalue weighted by Gasteiger charge is -2.13. The highest BCUT2D eigenvalue weighted by atomic mass is 32.1. The molecule has 1 aliphatic rings. The van der Waals surface area contributed by atoms with Crippen LogP contribution in [0.5, 0.6) is 5.88 Å². The molecule has 1 aliphatic carbocycles. The van der Waals surface area contributed by atoms with Crippen LogP contribution in [0.1, 0.15) is 29.0 Å². The van der Waals surface area contributed by atoms with Gasteiger partial charge >= 0.3 is 0 Å². The number of methoxy groups -OCH3 is 1. The Hall–Kier alpha value is -2.73. The second-order valence-corrected chi connectivity index (χ2v) is 8.27. The Morgan fingerprint density at radius 2 is 1.97 bits per heavy atom. The summed E-state index contributed by atoms with van der Waals surface area (Å²) in [6.45, 7) is 0.685. The van der Waals surface area contributed by atoms with Crippen molar-refractivity contribution in [1.29, 1.82) is 0 Å². The van der Waals surface area contributed by atoms with Gasteiger partial charge in [-0.2, -0.15) is 4.98 Å². The number of rotatable bonds is 6. The molecule has 0 bridgehead atoms. The van der Waals surface area contributed by atoms with Crippen LogP contribution in [0.3, 0.4) is 0 Å². The quantitative estimate of drug-likeness (QED) is 0.626. The third kappa shape index (κ3) is 4.65. The van der Waals surface area contributed by atoms with Crippen molar-refractivity contribution in [3.63, 3.8) is 0 Å². The molecule has 4 rings (SSSR count). The number of carbonyl (C=O) groups excluding carboxylic acids is 1. The van der Waals surface area contributed by atoms with E-state index in [-0.39, 0.29) is 11.8 Å². The van der Waals surface area contributed by atoms with E-state index in [1.165, 1.54) is 4.88 Å². The van der Waals surface area contributed by atoms with Crippen LogP contribution in [-0.2, 0) is 24.1 Å². The van der Waals surface area contributed by atoms with Gasteiger partial charge in [-0.1, -0.05) is 36.4 Å². The number of hydrogen-bond donors (Lipinski definition) is 1. The first-order valence-electron chi connectivity index (χ1n) is 10.0. The van der Waals surface area contributed by atoms with Crippen LogP contribution in [0.15, 0.2) is 47.8 Å². The van der Waals surface area contributed by atoms with Gasteiger partial charge in [-0.25, -0.2) is 4.98 Å². The molecule has 2 aromatic heterocycles. The van der Waals surface area contributed by atoms with E-state index in [1.807, 2.05) is 36.4 Å². The predicted molar refractivity (Wildman–Crippen MR) is 115 cm³/mol. The molecular weight excluding hydrogens is 382 g/mol. The lowest BCUT2D eigenvalue weighted by Crippen LogP contribution is -2.32. The Labute approximate surface area is 175 Å². The van der Waals surface area contributed by atoms with Crippen molar-refractivity contribution in [2.24, 2.45) is 5.92 Å². The van der Waals surface area contributed by atoms with Gasteiger partial charge in [0.15, 0.2) is 5.82 Å². The fraction of sp³-hybridized carbons (Fsp3) is 0.348. The van der Waals surface area contributed by atoms with Crippen molar-refractivity contribution < 1.29 is 9.53 Å². The first-order valence-corrected chi connectivity index (χ1v) is 10.9. The summed E-state index contributed by atoms with van der Waals surface area (Å²) in [5.41, 5.74) is 3.02. The maximum Gasteiger partial charge on any atom is 0.223 e. The maximum atomic E-state index is 12.7. The Balaban J connectivity index is 1.44. The van der Waals surface area contributed by atoms with Gasteiger partial charge in [0, 0.05) is 28.5 Å². The predicted octanol–water partition coefficient (Wildman–Crippen LogP) is 4.07. The Bertz CT molecular complexity index is 958. The monoisotopic (exact) mass is 407 g/mol. The molecule has 0 saturated heterocycles. The number of nitrogens with one attached hydrogen (secondary N) is 1.